The van der Waals surface area contributed by atoms with Crippen molar-refractivity contribution < 1.29 is 9.13 Å². The van der Waals surface area contributed by atoms with Gasteiger partial charge in [-0.2, -0.15) is 4.39 Å². The molecule has 0 fully saturated rings. The number of fused-ring (bicyclic) bond motifs is 1. The van der Waals surface area contributed by atoms with Crippen LogP contribution in [0.3, 0.4) is 0 Å². The first-order chi connectivity index (χ1) is 8.34. The summed E-state index contributed by atoms with van der Waals surface area (Å²) < 4.78 is 18.7. The standard InChI is InChI=1S/C14H12FNO/c15-14-13(6-3-7-16-14)17-9-11-8-10-4-1-2-5-12(10)11/h1-7,11H,8-9H2. The molecule has 0 saturated heterocycles. The van der Waals surface area contributed by atoms with E-state index < -0.39 is 5.95 Å². The summed E-state index contributed by atoms with van der Waals surface area (Å²) in [4.78, 5) is 3.55. The molecule has 2 nitrogen and oxygen atoms in total. The number of benzene rings is 1. The van der Waals surface area contributed by atoms with Gasteiger partial charge in [0.25, 0.3) is 5.95 Å². The van der Waals surface area contributed by atoms with Crippen LogP contribution in [-0.2, 0) is 6.42 Å². The summed E-state index contributed by atoms with van der Waals surface area (Å²) in [5.41, 5.74) is 2.68. The molecule has 1 aliphatic carbocycles. The zero-order chi connectivity index (χ0) is 11.7. The summed E-state index contributed by atoms with van der Waals surface area (Å²) in [5.74, 6) is 0.0720. The number of rotatable bonds is 3. The maximum Gasteiger partial charge on any atom is 0.255 e. The van der Waals surface area contributed by atoms with Crippen LogP contribution < -0.4 is 4.74 Å². The number of hydrogen-bond donors (Lipinski definition) is 0. The molecule has 0 N–H and O–H groups in total. The van der Waals surface area contributed by atoms with Crippen LogP contribution in [0.25, 0.3) is 0 Å². The van der Waals surface area contributed by atoms with Crippen molar-refractivity contribution >= 4 is 0 Å². The summed E-state index contributed by atoms with van der Waals surface area (Å²) in [6, 6.07) is 11.6. The molecule has 1 unspecified atom stereocenters. The third kappa shape index (κ3) is 1.88. The van der Waals surface area contributed by atoms with Crippen LogP contribution in [0.4, 0.5) is 4.39 Å². The summed E-state index contributed by atoms with van der Waals surface area (Å²) in [6.45, 7) is 0.514. The number of ether oxygens (including phenoxy) is 1. The Bertz CT molecular complexity index is 541. The average molecular weight is 229 g/mol. The third-order valence-electron chi connectivity index (χ3n) is 3.13. The minimum Gasteiger partial charge on any atom is -0.488 e. The minimum absolute atomic E-state index is 0.233. The fourth-order valence-corrected chi connectivity index (χ4v) is 2.18. The fraction of sp³-hybridized carbons (Fsp3) is 0.214. The smallest absolute Gasteiger partial charge is 0.255 e. The topological polar surface area (TPSA) is 22.1 Å². The van der Waals surface area contributed by atoms with E-state index >= 15 is 0 Å². The Balaban J connectivity index is 1.66. The fourth-order valence-electron chi connectivity index (χ4n) is 2.18. The van der Waals surface area contributed by atoms with E-state index in [9.17, 15) is 4.39 Å². The third-order valence-corrected chi connectivity index (χ3v) is 3.13. The Kier molecular flexibility index (Phi) is 2.52. The van der Waals surface area contributed by atoms with Crippen LogP contribution in [0.5, 0.6) is 5.75 Å². The number of halogens is 1. The van der Waals surface area contributed by atoms with Crippen molar-refractivity contribution in [3.05, 3.63) is 59.7 Å². The van der Waals surface area contributed by atoms with Crippen LogP contribution in [0.1, 0.15) is 17.0 Å². The lowest BCUT2D eigenvalue weighted by Gasteiger charge is -2.29. The van der Waals surface area contributed by atoms with Crippen molar-refractivity contribution in [3.63, 3.8) is 0 Å². The predicted molar refractivity (Wildman–Crippen MR) is 62.6 cm³/mol. The molecule has 3 rings (SSSR count). The Morgan fingerprint density at radius 1 is 1.24 bits per heavy atom. The molecule has 1 atom stereocenters. The molecule has 1 heterocycles. The van der Waals surface area contributed by atoms with Crippen LogP contribution >= 0.6 is 0 Å². The van der Waals surface area contributed by atoms with E-state index in [1.165, 1.54) is 17.3 Å². The molecule has 0 amide bonds. The average Bonchev–Trinajstić information content (AvgIpc) is 2.32. The van der Waals surface area contributed by atoms with E-state index in [1.807, 2.05) is 12.1 Å². The lowest BCUT2D eigenvalue weighted by atomic mass is 9.78. The number of nitrogens with zero attached hydrogens (tertiary/aromatic N) is 1. The zero-order valence-corrected chi connectivity index (χ0v) is 9.27. The highest BCUT2D eigenvalue weighted by atomic mass is 19.1. The molecule has 1 aromatic heterocycles. The van der Waals surface area contributed by atoms with Gasteiger partial charge in [-0.05, 0) is 29.7 Å². The molecular formula is C14H12FNO. The molecule has 0 bridgehead atoms. The van der Waals surface area contributed by atoms with Gasteiger partial charge in [-0.15, -0.1) is 0 Å². The predicted octanol–water partition coefficient (Wildman–Crippen LogP) is 2.94. The van der Waals surface area contributed by atoms with Gasteiger partial charge in [-0.25, -0.2) is 4.98 Å². The summed E-state index contributed by atoms with van der Waals surface area (Å²) >= 11 is 0. The second kappa shape index (κ2) is 4.17. The molecule has 1 aromatic carbocycles. The van der Waals surface area contributed by atoms with Crippen molar-refractivity contribution in [1.82, 2.24) is 4.98 Å². The highest BCUT2D eigenvalue weighted by molar-refractivity contribution is 5.40. The highest BCUT2D eigenvalue weighted by Gasteiger charge is 2.26. The van der Waals surface area contributed by atoms with Crippen LogP contribution in [-0.4, -0.2) is 11.6 Å². The lowest BCUT2D eigenvalue weighted by Crippen LogP contribution is -2.23. The number of pyridine rings is 1. The summed E-state index contributed by atoms with van der Waals surface area (Å²) in [5, 5.41) is 0. The van der Waals surface area contributed by atoms with Gasteiger partial charge in [0.2, 0.25) is 0 Å². The molecular weight excluding hydrogens is 217 g/mol. The minimum atomic E-state index is -0.542. The quantitative estimate of drug-likeness (QED) is 0.755. The first-order valence-corrected chi connectivity index (χ1v) is 5.66. The number of hydrogen-bond acceptors (Lipinski definition) is 2. The first kappa shape index (κ1) is 10.3. The first-order valence-electron chi connectivity index (χ1n) is 5.66. The molecule has 2 aromatic rings. The van der Waals surface area contributed by atoms with Gasteiger partial charge in [0.1, 0.15) is 0 Å². The van der Waals surface area contributed by atoms with E-state index in [2.05, 4.69) is 17.1 Å². The van der Waals surface area contributed by atoms with E-state index in [0.717, 1.165) is 6.42 Å². The van der Waals surface area contributed by atoms with E-state index in [4.69, 9.17) is 4.74 Å². The SMILES string of the molecule is Fc1ncccc1OCC1Cc2ccccc21. The van der Waals surface area contributed by atoms with E-state index in [1.54, 1.807) is 12.1 Å². The maximum absolute atomic E-state index is 13.2. The van der Waals surface area contributed by atoms with Crippen molar-refractivity contribution in [1.29, 1.82) is 0 Å². The Morgan fingerprint density at radius 2 is 2.12 bits per heavy atom. The monoisotopic (exact) mass is 229 g/mol. The van der Waals surface area contributed by atoms with Crippen molar-refractivity contribution in [2.24, 2.45) is 0 Å². The summed E-state index contributed by atoms with van der Waals surface area (Å²) in [7, 11) is 0. The number of aromatic nitrogens is 1. The van der Waals surface area contributed by atoms with Crippen LogP contribution in [0.2, 0.25) is 0 Å². The highest BCUT2D eigenvalue weighted by Crippen LogP contribution is 2.35. The van der Waals surface area contributed by atoms with Crippen LogP contribution in [0.15, 0.2) is 42.6 Å². The Morgan fingerprint density at radius 3 is 2.94 bits per heavy atom. The molecule has 1 aliphatic rings. The van der Waals surface area contributed by atoms with E-state index in [-0.39, 0.29) is 5.75 Å². The van der Waals surface area contributed by atoms with Gasteiger partial charge in [0.05, 0.1) is 6.61 Å². The van der Waals surface area contributed by atoms with Gasteiger partial charge in [0.15, 0.2) is 5.75 Å². The maximum atomic E-state index is 13.2. The molecule has 86 valence electrons. The second-order valence-corrected chi connectivity index (χ2v) is 4.20. The normalized spacial score (nSPS) is 17.1. The Hall–Kier alpha value is -1.90. The van der Waals surface area contributed by atoms with Gasteiger partial charge in [-0.3, -0.25) is 0 Å². The van der Waals surface area contributed by atoms with Gasteiger partial charge in [-0.1, -0.05) is 24.3 Å². The largest absolute Gasteiger partial charge is 0.488 e. The molecule has 3 heteroatoms. The van der Waals surface area contributed by atoms with E-state index in [0.29, 0.717) is 12.5 Å². The lowest BCUT2D eigenvalue weighted by molar-refractivity contribution is 0.260. The van der Waals surface area contributed by atoms with Gasteiger partial charge in [0, 0.05) is 12.1 Å². The molecule has 0 radical (unpaired) electrons. The van der Waals surface area contributed by atoms with Gasteiger partial charge >= 0.3 is 0 Å². The molecule has 17 heavy (non-hydrogen) atoms. The molecule has 0 saturated carbocycles. The second-order valence-electron chi connectivity index (χ2n) is 4.20. The molecule has 0 aliphatic heterocycles. The zero-order valence-electron chi connectivity index (χ0n) is 9.27. The summed E-state index contributed by atoms with van der Waals surface area (Å²) in [6.07, 6.45) is 2.43. The van der Waals surface area contributed by atoms with Crippen LogP contribution in [0, 0.1) is 5.95 Å². The van der Waals surface area contributed by atoms with Crippen molar-refractivity contribution in [2.45, 2.75) is 12.3 Å². The Labute approximate surface area is 99.1 Å². The molecule has 0 spiro atoms. The van der Waals surface area contributed by atoms with Crippen molar-refractivity contribution in [2.75, 3.05) is 6.61 Å². The van der Waals surface area contributed by atoms with Crippen molar-refractivity contribution in [3.8, 4) is 5.75 Å². The van der Waals surface area contributed by atoms with Gasteiger partial charge < -0.3 is 4.74 Å².